The quantitative estimate of drug-likeness (QED) is 0.619. The van der Waals surface area contributed by atoms with E-state index in [-0.39, 0.29) is 28.8 Å². The van der Waals surface area contributed by atoms with E-state index in [1.165, 1.54) is 21.3 Å². The second kappa shape index (κ2) is 10.5. The average Bonchev–Trinajstić information content (AvgIpc) is 3.24. The second-order valence-electron chi connectivity index (χ2n) is 6.29. The van der Waals surface area contributed by atoms with Gasteiger partial charge in [-0.15, -0.1) is 11.3 Å². The molecule has 0 saturated heterocycles. The molecule has 0 radical (unpaired) electrons. The van der Waals surface area contributed by atoms with Crippen molar-refractivity contribution in [3.63, 3.8) is 0 Å². The van der Waals surface area contributed by atoms with Gasteiger partial charge in [-0.25, -0.2) is 8.42 Å². The lowest BCUT2D eigenvalue weighted by atomic mass is 10.2. The highest BCUT2D eigenvalue weighted by Gasteiger charge is 2.24. The van der Waals surface area contributed by atoms with Crippen LogP contribution in [-0.4, -0.2) is 55.6 Å². The van der Waals surface area contributed by atoms with Crippen molar-refractivity contribution in [2.24, 2.45) is 0 Å². The Morgan fingerprint density at radius 2 is 1.76 bits per heavy atom. The maximum atomic E-state index is 12.9. The summed E-state index contributed by atoms with van der Waals surface area (Å²) in [5.74, 6) is -0.643. The van der Waals surface area contributed by atoms with Crippen LogP contribution in [0.4, 0.5) is 0 Å². The van der Waals surface area contributed by atoms with Crippen LogP contribution in [0.25, 0.3) is 0 Å². The van der Waals surface area contributed by atoms with E-state index in [9.17, 15) is 18.0 Å². The van der Waals surface area contributed by atoms with Crippen molar-refractivity contribution in [1.82, 2.24) is 14.5 Å². The topological polar surface area (TPSA) is 86.8 Å². The molecular weight excluding hydrogens is 410 g/mol. The number of hydrogen-bond donors (Lipinski definition) is 1. The number of amides is 2. The molecule has 1 aromatic carbocycles. The van der Waals surface area contributed by atoms with E-state index in [0.717, 1.165) is 4.88 Å². The molecule has 0 aliphatic rings. The van der Waals surface area contributed by atoms with Crippen molar-refractivity contribution >= 4 is 33.2 Å². The van der Waals surface area contributed by atoms with E-state index < -0.39 is 10.0 Å². The third-order valence-electron chi connectivity index (χ3n) is 4.47. The summed E-state index contributed by atoms with van der Waals surface area (Å²) in [6, 6.07) is 9.81. The molecule has 2 rings (SSSR count). The van der Waals surface area contributed by atoms with Crippen LogP contribution in [0.2, 0.25) is 0 Å². The van der Waals surface area contributed by atoms with Crippen molar-refractivity contribution in [3.05, 3.63) is 52.2 Å². The molecule has 1 aromatic heterocycles. The van der Waals surface area contributed by atoms with Gasteiger partial charge < -0.3 is 10.2 Å². The van der Waals surface area contributed by atoms with Gasteiger partial charge in [-0.05, 0) is 36.6 Å². The maximum Gasteiger partial charge on any atom is 0.254 e. The molecule has 1 N–H and O–H groups in total. The first-order valence-corrected chi connectivity index (χ1v) is 11.8. The first-order chi connectivity index (χ1) is 13.8. The number of carbonyl (C=O) groups is 2. The molecule has 1 heterocycles. The van der Waals surface area contributed by atoms with Crippen LogP contribution in [0.5, 0.6) is 0 Å². The monoisotopic (exact) mass is 437 g/mol. The number of benzene rings is 1. The van der Waals surface area contributed by atoms with Crippen LogP contribution in [0, 0.1) is 0 Å². The molecule has 0 aliphatic carbocycles. The number of carbonyl (C=O) groups excluding carboxylic acids is 2. The Morgan fingerprint density at radius 1 is 1.03 bits per heavy atom. The lowest BCUT2D eigenvalue weighted by Crippen LogP contribution is -2.40. The average molecular weight is 438 g/mol. The summed E-state index contributed by atoms with van der Waals surface area (Å²) in [4.78, 5) is 27.6. The summed E-state index contributed by atoms with van der Waals surface area (Å²) in [6.45, 7) is 6.67. The zero-order chi connectivity index (χ0) is 21.4. The lowest BCUT2D eigenvalue weighted by molar-refractivity contribution is -0.121. The van der Waals surface area contributed by atoms with Crippen LogP contribution >= 0.6 is 11.3 Å². The summed E-state index contributed by atoms with van der Waals surface area (Å²) in [5.41, 5.74) is 0.242. The largest absolute Gasteiger partial charge is 0.350 e. The van der Waals surface area contributed by atoms with Gasteiger partial charge in [-0.3, -0.25) is 9.59 Å². The fourth-order valence-electron chi connectivity index (χ4n) is 2.84. The van der Waals surface area contributed by atoms with Crippen molar-refractivity contribution < 1.29 is 18.0 Å². The smallest absolute Gasteiger partial charge is 0.254 e. The molecule has 0 bridgehead atoms. The van der Waals surface area contributed by atoms with Gasteiger partial charge >= 0.3 is 0 Å². The Hall–Kier alpha value is -2.23. The molecular formula is C20H27N3O4S2. The number of nitrogens with one attached hydrogen (secondary N) is 1. The van der Waals surface area contributed by atoms with E-state index in [4.69, 9.17) is 0 Å². The van der Waals surface area contributed by atoms with E-state index in [1.54, 1.807) is 44.2 Å². The molecule has 0 spiro atoms. The van der Waals surface area contributed by atoms with Crippen molar-refractivity contribution in [1.29, 1.82) is 0 Å². The lowest BCUT2D eigenvalue weighted by Gasteiger charge is -2.22. The van der Waals surface area contributed by atoms with Crippen LogP contribution in [-0.2, 0) is 21.4 Å². The first-order valence-electron chi connectivity index (χ1n) is 9.52. The molecule has 0 aliphatic heterocycles. The number of likely N-dealkylation sites (N-methyl/N-ethyl adjacent to an activating group) is 1. The van der Waals surface area contributed by atoms with Gasteiger partial charge in [0.15, 0.2) is 0 Å². The SMILES string of the molecule is CCN(CC(=O)NCc1cccs1)C(=O)c1cccc(S(=O)(=O)N(CC)CC)c1. The highest BCUT2D eigenvalue weighted by atomic mass is 32.2. The Kier molecular flexibility index (Phi) is 8.36. The predicted octanol–water partition coefficient (Wildman–Crippen LogP) is 2.56. The van der Waals surface area contributed by atoms with Gasteiger partial charge in [0.2, 0.25) is 15.9 Å². The number of thiophene rings is 1. The van der Waals surface area contributed by atoms with Crippen LogP contribution < -0.4 is 5.32 Å². The molecule has 158 valence electrons. The number of sulfonamides is 1. The third kappa shape index (κ3) is 5.88. The summed E-state index contributed by atoms with van der Waals surface area (Å²) in [5, 5.41) is 4.73. The summed E-state index contributed by atoms with van der Waals surface area (Å²) < 4.78 is 26.8. The summed E-state index contributed by atoms with van der Waals surface area (Å²) in [7, 11) is -3.66. The molecule has 29 heavy (non-hydrogen) atoms. The molecule has 9 heteroatoms. The Morgan fingerprint density at radius 3 is 2.34 bits per heavy atom. The highest BCUT2D eigenvalue weighted by Crippen LogP contribution is 2.18. The standard InChI is InChI=1S/C20H27N3O4S2/c1-4-22(15-19(24)21-14-17-10-8-12-28-17)20(25)16-9-7-11-18(13-16)29(26,27)23(5-2)6-3/h7-13H,4-6,14-15H2,1-3H3,(H,21,24). The van der Waals surface area contributed by atoms with Gasteiger partial charge in [0.05, 0.1) is 18.0 Å². The molecule has 2 amide bonds. The van der Waals surface area contributed by atoms with E-state index in [2.05, 4.69) is 5.32 Å². The van der Waals surface area contributed by atoms with Gasteiger partial charge in [0, 0.05) is 30.1 Å². The van der Waals surface area contributed by atoms with Gasteiger partial charge in [0.25, 0.3) is 5.91 Å². The third-order valence-corrected chi connectivity index (χ3v) is 7.39. The Labute approximate surface area is 176 Å². The van der Waals surface area contributed by atoms with E-state index >= 15 is 0 Å². The minimum atomic E-state index is -3.66. The normalized spacial score (nSPS) is 11.4. The van der Waals surface area contributed by atoms with Crippen molar-refractivity contribution in [2.75, 3.05) is 26.2 Å². The van der Waals surface area contributed by atoms with Crippen LogP contribution in [0.3, 0.4) is 0 Å². The second-order valence-corrected chi connectivity index (χ2v) is 9.26. The fraction of sp³-hybridized carbons (Fsp3) is 0.400. The van der Waals surface area contributed by atoms with Gasteiger partial charge in [-0.1, -0.05) is 26.0 Å². The Bertz CT molecular complexity index is 923. The minimum absolute atomic E-state index is 0.0743. The molecule has 0 saturated carbocycles. The molecule has 2 aromatic rings. The zero-order valence-corrected chi connectivity index (χ0v) is 18.6. The Balaban J connectivity index is 2.11. The highest BCUT2D eigenvalue weighted by molar-refractivity contribution is 7.89. The zero-order valence-electron chi connectivity index (χ0n) is 16.9. The van der Waals surface area contributed by atoms with Crippen LogP contribution in [0.15, 0.2) is 46.7 Å². The predicted molar refractivity (Wildman–Crippen MR) is 114 cm³/mol. The molecule has 0 fully saturated rings. The van der Waals surface area contributed by atoms with Crippen LogP contribution in [0.1, 0.15) is 36.0 Å². The van der Waals surface area contributed by atoms with Crippen molar-refractivity contribution in [2.45, 2.75) is 32.2 Å². The minimum Gasteiger partial charge on any atom is -0.350 e. The van der Waals surface area contributed by atoms with Gasteiger partial charge in [-0.2, -0.15) is 4.31 Å². The maximum absolute atomic E-state index is 12.9. The number of nitrogens with zero attached hydrogens (tertiary/aromatic N) is 2. The summed E-state index contributed by atoms with van der Waals surface area (Å²) in [6.07, 6.45) is 0. The molecule has 0 unspecified atom stereocenters. The van der Waals surface area contributed by atoms with E-state index in [1.807, 2.05) is 17.5 Å². The van der Waals surface area contributed by atoms with Crippen molar-refractivity contribution in [3.8, 4) is 0 Å². The molecule has 7 nitrogen and oxygen atoms in total. The first kappa shape index (κ1) is 23.1. The number of rotatable bonds is 10. The summed E-state index contributed by atoms with van der Waals surface area (Å²) >= 11 is 1.55. The fourth-order valence-corrected chi connectivity index (χ4v) is 4.99. The van der Waals surface area contributed by atoms with E-state index in [0.29, 0.717) is 26.2 Å². The number of hydrogen-bond acceptors (Lipinski definition) is 5. The molecule has 0 atom stereocenters. The van der Waals surface area contributed by atoms with Gasteiger partial charge in [0.1, 0.15) is 0 Å².